The van der Waals surface area contributed by atoms with E-state index in [4.69, 9.17) is 0 Å². The molecule has 0 aliphatic heterocycles. The molecule has 0 fully saturated rings. The Kier molecular flexibility index (Phi) is 4.49. The van der Waals surface area contributed by atoms with Crippen LogP contribution in [0.1, 0.15) is 30.0 Å². The van der Waals surface area contributed by atoms with E-state index in [1.54, 1.807) is 12.1 Å². The standard InChI is InChI=1S/C15H17FN2OS/c1-9(2)14(19)18-15-17-10(3)13(20-15)8-11-4-6-12(16)7-5-11/h4-7,9H,8H2,1-3H3,(H,17,18,19). The first-order chi connectivity index (χ1) is 9.45. The Balaban J connectivity index is 2.11. The zero-order chi connectivity index (χ0) is 14.7. The van der Waals surface area contributed by atoms with Gasteiger partial charge < -0.3 is 5.32 Å². The van der Waals surface area contributed by atoms with Gasteiger partial charge in [-0.1, -0.05) is 26.0 Å². The van der Waals surface area contributed by atoms with Crippen LogP contribution in [0, 0.1) is 18.7 Å². The zero-order valence-electron chi connectivity index (χ0n) is 11.7. The van der Waals surface area contributed by atoms with E-state index in [0.29, 0.717) is 11.6 Å². The van der Waals surface area contributed by atoms with E-state index < -0.39 is 0 Å². The summed E-state index contributed by atoms with van der Waals surface area (Å²) < 4.78 is 12.9. The second kappa shape index (κ2) is 6.13. The summed E-state index contributed by atoms with van der Waals surface area (Å²) in [6, 6.07) is 6.43. The minimum Gasteiger partial charge on any atom is -0.302 e. The molecular weight excluding hydrogens is 275 g/mol. The van der Waals surface area contributed by atoms with Crippen LogP contribution in [0.25, 0.3) is 0 Å². The molecule has 3 nitrogen and oxygen atoms in total. The number of aromatic nitrogens is 1. The zero-order valence-corrected chi connectivity index (χ0v) is 12.6. The van der Waals surface area contributed by atoms with Crippen LogP contribution in [-0.4, -0.2) is 10.9 Å². The number of carbonyl (C=O) groups is 1. The van der Waals surface area contributed by atoms with Gasteiger partial charge in [0.05, 0.1) is 5.69 Å². The quantitative estimate of drug-likeness (QED) is 0.932. The summed E-state index contributed by atoms with van der Waals surface area (Å²) in [5.74, 6) is -0.341. The van der Waals surface area contributed by atoms with Crippen molar-refractivity contribution in [3.8, 4) is 0 Å². The Morgan fingerprint density at radius 2 is 2.00 bits per heavy atom. The van der Waals surface area contributed by atoms with Gasteiger partial charge in [0.25, 0.3) is 0 Å². The Labute approximate surface area is 121 Å². The van der Waals surface area contributed by atoms with Crippen molar-refractivity contribution in [1.29, 1.82) is 0 Å². The summed E-state index contributed by atoms with van der Waals surface area (Å²) in [4.78, 5) is 17.1. The molecule has 0 aliphatic rings. The normalized spacial score (nSPS) is 10.8. The van der Waals surface area contributed by atoms with Crippen molar-refractivity contribution in [3.63, 3.8) is 0 Å². The fraction of sp³-hybridized carbons (Fsp3) is 0.333. The highest BCUT2D eigenvalue weighted by molar-refractivity contribution is 7.15. The predicted octanol–water partition coefficient (Wildman–Crippen LogP) is 3.78. The number of hydrogen-bond donors (Lipinski definition) is 1. The molecule has 2 aromatic rings. The van der Waals surface area contributed by atoms with Crippen molar-refractivity contribution < 1.29 is 9.18 Å². The summed E-state index contributed by atoms with van der Waals surface area (Å²) in [7, 11) is 0. The van der Waals surface area contributed by atoms with Gasteiger partial charge >= 0.3 is 0 Å². The highest BCUT2D eigenvalue weighted by atomic mass is 32.1. The van der Waals surface area contributed by atoms with Crippen LogP contribution in [0.4, 0.5) is 9.52 Å². The van der Waals surface area contributed by atoms with E-state index in [2.05, 4.69) is 10.3 Å². The van der Waals surface area contributed by atoms with Crippen molar-refractivity contribution in [2.75, 3.05) is 5.32 Å². The summed E-state index contributed by atoms with van der Waals surface area (Å²) in [6.45, 7) is 5.60. The first-order valence-corrected chi connectivity index (χ1v) is 7.29. The van der Waals surface area contributed by atoms with Crippen molar-refractivity contribution >= 4 is 22.4 Å². The topological polar surface area (TPSA) is 42.0 Å². The number of amides is 1. The molecule has 1 N–H and O–H groups in total. The Morgan fingerprint density at radius 1 is 1.35 bits per heavy atom. The van der Waals surface area contributed by atoms with Crippen LogP contribution >= 0.6 is 11.3 Å². The molecule has 1 amide bonds. The minimum absolute atomic E-state index is 0.0351. The van der Waals surface area contributed by atoms with Gasteiger partial charge in [0.15, 0.2) is 5.13 Å². The Bertz CT molecular complexity index is 605. The third-order valence-corrected chi connectivity index (χ3v) is 4.00. The van der Waals surface area contributed by atoms with Crippen molar-refractivity contribution in [1.82, 2.24) is 4.98 Å². The molecule has 1 heterocycles. The van der Waals surface area contributed by atoms with E-state index in [1.807, 2.05) is 20.8 Å². The van der Waals surface area contributed by atoms with Gasteiger partial charge in [-0.05, 0) is 24.6 Å². The van der Waals surface area contributed by atoms with Gasteiger partial charge in [-0.2, -0.15) is 0 Å². The van der Waals surface area contributed by atoms with Crippen molar-refractivity contribution in [3.05, 3.63) is 46.2 Å². The number of nitrogens with zero attached hydrogens (tertiary/aromatic N) is 1. The molecule has 1 aromatic heterocycles. The SMILES string of the molecule is Cc1nc(NC(=O)C(C)C)sc1Cc1ccc(F)cc1. The Hall–Kier alpha value is -1.75. The lowest BCUT2D eigenvalue weighted by molar-refractivity contribution is -0.118. The maximum absolute atomic E-state index is 12.9. The average molecular weight is 292 g/mol. The molecule has 20 heavy (non-hydrogen) atoms. The second-order valence-corrected chi connectivity index (χ2v) is 6.06. The number of rotatable bonds is 4. The van der Waals surface area contributed by atoms with Gasteiger partial charge in [0.2, 0.25) is 5.91 Å². The highest BCUT2D eigenvalue weighted by Gasteiger charge is 2.13. The third-order valence-electron chi connectivity index (χ3n) is 2.93. The van der Waals surface area contributed by atoms with Gasteiger partial charge in [0.1, 0.15) is 5.82 Å². The molecule has 1 aromatic carbocycles. The molecule has 0 unspecified atom stereocenters. The molecule has 0 saturated heterocycles. The molecule has 0 saturated carbocycles. The van der Waals surface area contributed by atoms with Gasteiger partial charge in [-0.25, -0.2) is 9.37 Å². The van der Waals surface area contributed by atoms with Gasteiger partial charge in [-0.15, -0.1) is 11.3 Å². The summed E-state index contributed by atoms with van der Waals surface area (Å²) in [5, 5.41) is 3.43. The Morgan fingerprint density at radius 3 is 2.60 bits per heavy atom. The van der Waals surface area contributed by atoms with E-state index in [1.165, 1.54) is 23.5 Å². The van der Waals surface area contributed by atoms with Crippen LogP contribution < -0.4 is 5.32 Å². The van der Waals surface area contributed by atoms with Crippen LogP contribution in [-0.2, 0) is 11.2 Å². The molecule has 2 rings (SSSR count). The number of nitrogens with one attached hydrogen (secondary N) is 1. The number of carbonyl (C=O) groups excluding carboxylic acids is 1. The first kappa shape index (κ1) is 14.7. The van der Waals surface area contributed by atoms with Crippen LogP contribution in [0.3, 0.4) is 0 Å². The van der Waals surface area contributed by atoms with E-state index in [0.717, 1.165) is 16.1 Å². The lowest BCUT2D eigenvalue weighted by atomic mass is 10.1. The van der Waals surface area contributed by atoms with E-state index >= 15 is 0 Å². The van der Waals surface area contributed by atoms with Crippen LogP contribution in [0.5, 0.6) is 0 Å². The molecule has 0 aliphatic carbocycles. The van der Waals surface area contributed by atoms with Crippen molar-refractivity contribution in [2.24, 2.45) is 5.92 Å². The molecule has 0 bridgehead atoms. The number of halogens is 1. The maximum Gasteiger partial charge on any atom is 0.228 e. The number of benzene rings is 1. The molecular formula is C15H17FN2OS. The number of aryl methyl sites for hydroxylation is 1. The molecule has 5 heteroatoms. The summed E-state index contributed by atoms with van der Waals surface area (Å²) in [5.41, 5.74) is 1.93. The number of hydrogen-bond acceptors (Lipinski definition) is 3. The number of thiazole rings is 1. The maximum atomic E-state index is 12.9. The number of anilines is 1. The monoisotopic (exact) mass is 292 g/mol. The van der Waals surface area contributed by atoms with Crippen LogP contribution in [0.15, 0.2) is 24.3 Å². The molecule has 0 spiro atoms. The first-order valence-electron chi connectivity index (χ1n) is 6.47. The molecule has 0 radical (unpaired) electrons. The van der Waals surface area contributed by atoms with E-state index in [-0.39, 0.29) is 17.6 Å². The average Bonchev–Trinajstić information content (AvgIpc) is 2.72. The minimum atomic E-state index is -0.236. The van der Waals surface area contributed by atoms with Gasteiger partial charge in [0, 0.05) is 17.2 Å². The lowest BCUT2D eigenvalue weighted by Crippen LogP contribution is -2.17. The van der Waals surface area contributed by atoms with Crippen LogP contribution in [0.2, 0.25) is 0 Å². The van der Waals surface area contributed by atoms with Gasteiger partial charge in [-0.3, -0.25) is 4.79 Å². The summed E-state index contributed by atoms with van der Waals surface area (Å²) in [6.07, 6.45) is 0.696. The smallest absolute Gasteiger partial charge is 0.228 e. The molecule has 0 atom stereocenters. The fourth-order valence-corrected chi connectivity index (χ4v) is 2.68. The van der Waals surface area contributed by atoms with E-state index in [9.17, 15) is 9.18 Å². The largest absolute Gasteiger partial charge is 0.302 e. The predicted molar refractivity (Wildman–Crippen MR) is 79.5 cm³/mol. The fourth-order valence-electron chi connectivity index (χ4n) is 1.68. The summed E-state index contributed by atoms with van der Waals surface area (Å²) >= 11 is 1.47. The highest BCUT2D eigenvalue weighted by Crippen LogP contribution is 2.25. The third kappa shape index (κ3) is 3.63. The second-order valence-electron chi connectivity index (χ2n) is 4.97. The lowest BCUT2D eigenvalue weighted by Gasteiger charge is -2.03. The van der Waals surface area contributed by atoms with Crippen molar-refractivity contribution in [2.45, 2.75) is 27.2 Å². The molecule has 106 valence electrons.